The molecule has 0 saturated heterocycles. The van der Waals surface area contributed by atoms with E-state index in [1.807, 2.05) is 24.3 Å². The van der Waals surface area contributed by atoms with Crippen LogP contribution in [0.1, 0.15) is 31.8 Å². The summed E-state index contributed by atoms with van der Waals surface area (Å²) in [5, 5.41) is 6.83. The van der Waals surface area contributed by atoms with Crippen LogP contribution < -0.4 is 22.1 Å². The van der Waals surface area contributed by atoms with Crippen LogP contribution in [0, 0.1) is 0 Å². The second-order valence-electron chi connectivity index (χ2n) is 8.97. The highest BCUT2D eigenvalue weighted by molar-refractivity contribution is 7.22. The number of hydrogen-bond donors (Lipinski definition) is 4. The van der Waals surface area contributed by atoms with Gasteiger partial charge in [-0.3, -0.25) is 20.2 Å². The van der Waals surface area contributed by atoms with Gasteiger partial charge in [-0.15, -0.1) is 0 Å². The molecule has 4 aromatic carbocycles. The van der Waals surface area contributed by atoms with Gasteiger partial charge in [0.2, 0.25) is 0 Å². The van der Waals surface area contributed by atoms with Crippen molar-refractivity contribution in [1.82, 2.24) is 9.97 Å². The van der Waals surface area contributed by atoms with Crippen molar-refractivity contribution in [3.8, 4) is 0 Å². The molecule has 0 radical (unpaired) electrons. The van der Waals surface area contributed by atoms with Gasteiger partial charge >= 0.3 is 0 Å². The Morgan fingerprint density at radius 3 is 1.44 bits per heavy atom. The van der Waals surface area contributed by atoms with Gasteiger partial charge in [0.1, 0.15) is 0 Å². The molecule has 0 atom stereocenters. The number of aromatic nitrogens is 2. The number of amides is 2. The summed E-state index contributed by atoms with van der Waals surface area (Å²) in [6.07, 6.45) is 0.724. The molecule has 10 heteroatoms. The number of rotatable bonds is 6. The standard InChI is InChI=1S/C29H22N6O2S2/c30-20-7-3-18(4-8-20)26(36)34-28-32-22-11-1-16(14-24(22)38-28)13-17-2-12-23-25(15-17)39-29(33-23)35-27(37)19-5-9-21(31)10-6-19/h1-12,14-15H,13,30-31H2,(H,32,34,36)(H,33,35,37). The number of nitrogen functional groups attached to an aromatic ring is 2. The zero-order valence-electron chi connectivity index (χ0n) is 20.5. The average Bonchev–Trinajstić information content (AvgIpc) is 3.51. The maximum atomic E-state index is 12.5. The van der Waals surface area contributed by atoms with Crippen LogP contribution in [0.2, 0.25) is 0 Å². The van der Waals surface area contributed by atoms with Gasteiger partial charge in [-0.2, -0.15) is 0 Å². The number of benzene rings is 4. The van der Waals surface area contributed by atoms with Gasteiger partial charge in [0.15, 0.2) is 10.3 Å². The first-order valence-corrected chi connectivity index (χ1v) is 13.7. The molecule has 0 bridgehead atoms. The summed E-state index contributed by atoms with van der Waals surface area (Å²) in [6, 6.07) is 25.8. The van der Waals surface area contributed by atoms with Crippen molar-refractivity contribution in [2.75, 3.05) is 22.1 Å². The molecule has 0 aliphatic heterocycles. The highest BCUT2D eigenvalue weighted by Gasteiger charge is 2.13. The largest absolute Gasteiger partial charge is 0.399 e. The van der Waals surface area contributed by atoms with Crippen LogP contribution in [0.25, 0.3) is 20.4 Å². The maximum Gasteiger partial charge on any atom is 0.257 e. The number of nitrogens with zero attached hydrogens (tertiary/aromatic N) is 2. The molecule has 0 saturated carbocycles. The van der Waals surface area contributed by atoms with Gasteiger partial charge in [0.05, 0.1) is 20.4 Å². The predicted octanol–water partition coefficient (Wildman–Crippen LogP) is 6.17. The first-order valence-electron chi connectivity index (χ1n) is 12.0. The molecule has 192 valence electrons. The van der Waals surface area contributed by atoms with Crippen LogP contribution >= 0.6 is 22.7 Å². The summed E-state index contributed by atoms with van der Waals surface area (Å²) in [6.45, 7) is 0. The zero-order chi connectivity index (χ0) is 26.9. The Kier molecular flexibility index (Phi) is 6.39. The van der Waals surface area contributed by atoms with Crippen LogP contribution in [-0.2, 0) is 6.42 Å². The fourth-order valence-corrected chi connectivity index (χ4v) is 5.96. The topological polar surface area (TPSA) is 136 Å². The molecule has 0 fully saturated rings. The van der Waals surface area contributed by atoms with E-state index in [4.69, 9.17) is 11.5 Å². The minimum atomic E-state index is -0.226. The summed E-state index contributed by atoms with van der Waals surface area (Å²) in [5.41, 5.74) is 17.6. The monoisotopic (exact) mass is 550 g/mol. The number of nitrogens with two attached hydrogens (primary N) is 2. The van der Waals surface area contributed by atoms with Crippen molar-refractivity contribution in [2.45, 2.75) is 6.42 Å². The van der Waals surface area contributed by atoms with Crippen LogP contribution in [0.5, 0.6) is 0 Å². The minimum Gasteiger partial charge on any atom is -0.399 e. The quantitative estimate of drug-likeness (QED) is 0.183. The van der Waals surface area contributed by atoms with Crippen molar-refractivity contribution in [3.63, 3.8) is 0 Å². The molecule has 2 amide bonds. The first-order chi connectivity index (χ1) is 18.9. The molecule has 0 unspecified atom stereocenters. The molecule has 0 spiro atoms. The van der Waals surface area contributed by atoms with E-state index in [1.165, 1.54) is 22.7 Å². The maximum absolute atomic E-state index is 12.5. The number of thiazole rings is 2. The van der Waals surface area contributed by atoms with Crippen LogP contribution in [0.15, 0.2) is 84.9 Å². The van der Waals surface area contributed by atoms with E-state index in [1.54, 1.807) is 48.5 Å². The van der Waals surface area contributed by atoms with Gasteiger partial charge < -0.3 is 11.5 Å². The number of carbonyl (C=O) groups is 2. The predicted molar refractivity (Wildman–Crippen MR) is 160 cm³/mol. The number of fused-ring (bicyclic) bond motifs is 2. The molecule has 6 rings (SSSR count). The summed E-state index contributed by atoms with van der Waals surface area (Å²) in [5.74, 6) is -0.452. The van der Waals surface area contributed by atoms with E-state index < -0.39 is 0 Å². The summed E-state index contributed by atoms with van der Waals surface area (Å²) in [7, 11) is 0. The van der Waals surface area contributed by atoms with Crippen LogP contribution in [0.4, 0.5) is 21.6 Å². The fraction of sp³-hybridized carbons (Fsp3) is 0.0345. The molecule has 39 heavy (non-hydrogen) atoms. The number of hydrogen-bond acceptors (Lipinski definition) is 8. The van der Waals surface area contributed by atoms with Gasteiger partial charge in [-0.1, -0.05) is 34.8 Å². The van der Waals surface area contributed by atoms with Crippen molar-refractivity contribution in [1.29, 1.82) is 0 Å². The molecule has 0 aliphatic rings. The zero-order valence-corrected chi connectivity index (χ0v) is 22.1. The summed E-state index contributed by atoms with van der Waals surface area (Å²) in [4.78, 5) is 34.2. The summed E-state index contributed by atoms with van der Waals surface area (Å²) >= 11 is 2.87. The normalized spacial score (nSPS) is 11.1. The molecule has 2 heterocycles. The Labute approximate surface area is 231 Å². The highest BCUT2D eigenvalue weighted by Crippen LogP contribution is 2.30. The molecule has 0 aliphatic carbocycles. The fourth-order valence-electron chi connectivity index (χ4n) is 4.11. The van der Waals surface area contributed by atoms with Crippen LogP contribution in [-0.4, -0.2) is 21.8 Å². The Morgan fingerprint density at radius 1 is 0.615 bits per heavy atom. The lowest BCUT2D eigenvalue weighted by atomic mass is 10.0. The van der Waals surface area contributed by atoms with E-state index in [-0.39, 0.29) is 11.8 Å². The minimum absolute atomic E-state index is 0.226. The third-order valence-corrected chi connectivity index (χ3v) is 7.97. The van der Waals surface area contributed by atoms with E-state index >= 15 is 0 Å². The van der Waals surface area contributed by atoms with Gasteiger partial charge in [0.25, 0.3) is 11.8 Å². The number of nitrogens with one attached hydrogen (secondary N) is 2. The third-order valence-electron chi connectivity index (χ3n) is 6.10. The van der Waals surface area contributed by atoms with Gasteiger partial charge in [0, 0.05) is 22.5 Å². The van der Waals surface area contributed by atoms with E-state index in [2.05, 4.69) is 32.7 Å². The molecule has 8 nitrogen and oxygen atoms in total. The Hall–Kier alpha value is -4.80. The van der Waals surface area contributed by atoms with Crippen LogP contribution in [0.3, 0.4) is 0 Å². The lowest BCUT2D eigenvalue weighted by molar-refractivity contribution is 0.101. The smallest absolute Gasteiger partial charge is 0.257 e. The Bertz CT molecular complexity index is 1710. The summed E-state index contributed by atoms with van der Waals surface area (Å²) < 4.78 is 1.98. The second kappa shape index (κ2) is 10.2. The first kappa shape index (κ1) is 24.5. The Morgan fingerprint density at radius 2 is 1.03 bits per heavy atom. The number of carbonyl (C=O) groups excluding carboxylic acids is 2. The average molecular weight is 551 g/mol. The lowest BCUT2D eigenvalue weighted by Gasteiger charge is -2.02. The van der Waals surface area contributed by atoms with Gasteiger partial charge in [-0.25, -0.2) is 9.97 Å². The van der Waals surface area contributed by atoms with E-state index in [0.717, 1.165) is 38.0 Å². The van der Waals surface area contributed by atoms with E-state index in [9.17, 15) is 9.59 Å². The van der Waals surface area contributed by atoms with Gasteiger partial charge in [-0.05, 0) is 90.3 Å². The number of anilines is 4. The highest BCUT2D eigenvalue weighted by atomic mass is 32.1. The Balaban J connectivity index is 1.16. The molecular formula is C29H22N6O2S2. The molecular weight excluding hydrogens is 528 g/mol. The van der Waals surface area contributed by atoms with Crippen molar-refractivity contribution >= 4 is 76.6 Å². The molecule has 6 N–H and O–H groups in total. The second-order valence-corrected chi connectivity index (χ2v) is 11.0. The van der Waals surface area contributed by atoms with E-state index in [0.29, 0.717) is 32.8 Å². The third kappa shape index (κ3) is 5.42. The van der Waals surface area contributed by atoms with Crippen molar-refractivity contribution in [2.24, 2.45) is 0 Å². The SMILES string of the molecule is Nc1ccc(C(=O)Nc2nc3ccc(Cc4ccc5nc(NC(=O)c6ccc(N)cc6)sc5c4)cc3s2)cc1. The lowest BCUT2D eigenvalue weighted by Crippen LogP contribution is -2.11. The molecule has 2 aromatic heterocycles. The molecule has 6 aromatic rings. The van der Waals surface area contributed by atoms with Crippen molar-refractivity contribution in [3.05, 3.63) is 107 Å². The van der Waals surface area contributed by atoms with Crippen molar-refractivity contribution < 1.29 is 9.59 Å².